The molecule has 1 saturated heterocycles. The standard InChI is InChI=1S/C16H26N4/c1-2-6-16-12(4-1)5-3-7-20(16)10-13-8-14-15(9-17-13)19-11-18-14/h11-13,16-17H,1-10H2,(H,18,19)/t12-,13?,16-/m1/s1. The second-order valence-corrected chi connectivity index (χ2v) is 6.86. The molecule has 2 fully saturated rings. The van der Waals surface area contributed by atoms with Gasteiger partial charge in [0.1, 0.15) is 0 Å². The summed E-state index contributed by atoms with van der Waals surface area (Å²) in [7, 11) is 0. The highest BCUT2D eigenvalue weighted by Crippen LogP contribution is 2.35. The van der Waals surface area contributed by atoms with Crippen molar-refractivity contribution < 1.29 is 0 Å². The minimum absolute atomic E-state index is 0.589. The highest BCUT2D eigenvalue weighted by Gasteiger charge is 2.34. The van der Waals surface area contributed by atoms with Crippen LogP contribution in [0.15, 0.2) is 6.33 Å². The summed E-state index contributed by atoms with van der Waals surface area (Å²) in [4.78, 5) is 10.5. The highest BCUT2D eigenvalue weighted by atomic mass is 15.2. The van der Waals surface area contributed by atoms with E-state index < -0.39 is 0 Å². The predicted molar refractivity (Wildman–Crippen MR) is 79.5 cm³/mol. The largest absolute Gasteiger partial charge is 0.347 e. The summed E-state index contributed by atoms with van der Waals surface area (Å²) in [6, 6.07) is 1.46. The van der Waals surface area contributed by atoms with Crippen molar-refractivity contribution in [3.8, 4) is 0 Å². The molecule has 0 radical (unpaired) electrons. The third-order valence-electron chi connectivity index (χ3n) is 5.63. The maximum atomic E-state index is 4.47. The number of aromatic nitrogens is 2. The molecular weight excluding hydrogens is 248 g/mol. The van der Waals surface area contributed by atoms with Crippen LogP contribution in [0.4, 0.5) is 0 Å². The van der Waals surface area contributed by atoms with Crippen LogP contribution in [0.25, 0.3) is 0 Å². The van der Waals surface area contributed by atoms with Crippen LogP contribution in [0.3, 0.4) is 0 Å². The molecule has 1 aromatic heterocycles. The van der Waals surface area contributed by atoms with Gasteiger partial charge in [-0.15, -0.1) is 0 Å². The number of likely N-dealkylation sites (tertiary alicyclic amines) is 1. The zero-order chi connectivity index (χ0) is 13.4. The molecule has 1 unspecified atom stereocenters. The SMILES string of the molecule is c1nc2c([nH]1)CNC(CN1CCC[C@H]3CCCC[C@H]31)C2. The third-order valence-corrected chi connectivity index (χ3v) is 5.63. The Hall–Kier alpha value is -0.870. The first-order chi connectivity index (χ1) is 9.90. The van der Waals surface area contributed by atoms with Gasteiger partial charge in [-0.1, -0.05) is 12.8 Å². The molecule has 3 atom stereocenters. The van der Waals surface area contributed by atoms with Gasteiger partial charge in [-0.25, -0.2) is 4.98 Å². The van der Waals surface area contributed by atoms with Crippen molar-refractivity contribution in [3.05, 3.63) is 17.7 Å². The summed E-state index contributed by atoms with van der Waals surface area (Å²) >= 11 is 0. The number of fused-ring (bicyclic) bond motifs is 2. The summed E-state index contributed by atoms with van der Waals surface area (Å²) in [5.74, 6) is 0.988. The van der Waals surface area contributed by atoms with Crippen molar-refractivity contribution >= 4 is 0 Å². The monoisotopic (exact) mass is 274 g/mol. The quantitative estimate of drug-likeness (QED) is 0.868. The van der Waals surface area contributed by atoms with Crippen LogP contribution in [0.5, 0.6) is 0 Å². The number of imidazole rings is 1. The molecule has 3 heterocycles. The lowest BCUT2D eigenvalue weighted by molar-refractivity contribution is 0.0520. The van der Waals surface area contributed by atoms with E-state index in [9.17, 15) is 0 Å². The van der Waals surface area contributed by atoms with Gasteiger partial charge in [-0.3, -0.25) is 4.90 Å². The lowest BCUT2D eigenvalue weighted by Gasteiger charge is -2.45. The van der Waals surface area contributed by atoms with Crippen LogP contribution in [-0.4, -0.2) is 40.0 Å². The molecule has 1 saturated carbocycles. The summed E-state index contributed by atoms with van der Waals surface area (Å²) in [5, 5.41) is 3.69. The molecule has 3 aliphatic rings. The summed E-state index contributed by atoms with van der Waals surface area (Å²) in [5.41, 5.74) is 2.57. The molecule has 4 heteroatoms. The van der Waals surface area contributed by atoms with Crippen molar-refractivity contribution in [1.29, 1.82) is 0 Å². The second kappa shape index (κ2) is 5.49. The lowest BCUT2D eigenvalue weighted by Crippen LogP contribution is -2.53. The number of hydrogen-bond acceptors (Lipinski definition) is 3. The fraction of sp³-hybridized carbons (Fsp3) is 0.812. The Labute approximate surface area is 121 Å². The zero-order valence-corrected chi connectivity index (χ0v) is 12.3. The molecule has 0 aromatic carbocycles. The maximum Gasteiger partial charge on any atom is 0.0925 e. The normalized spacial score (nSPS) is 34.5. The Kier molecular flexibility index (Phi) is 3.52. The smallest absolute Gasteiger partial charge is 0.0925 e. The van der Waals surface area contributed by atoms with Gasteiger partial charge in [0.2, 0.25) is 0 Å². The van der Waals surface area contributed by atoms with Gasteiger partial charge < -0.3 is 10.3 Å². The van der Waals surface area contributed by atoms with E-state index >= 15 is 0 Å². The molecule has 0 spiro atoms. The Bertz CT molecular complexity index is 453. The summed E-state index contributed by atoms with van der Waals surface area (Å²) in [6.07, 6.45) is 11.6. The Balaban J connectivity index is 1.41. The first-order valence-corrected chi connectivity index (χ1v) is 8.39. The van der Waals surface area contributed by atoms with Crippen LogP contribution in [0.1, 0.15) is 49.9 Å². The molecule has 110 valence electrons. The first kappa shape index (κ1) is 12.8. The summed E-state index contributed by atoms with van der Waals surface area (Å²) in [6.45, 7) is 3.49. The van der Waals surface area contributed by atoms with E-state index in [1.54, 1.807) is 0 Å². The van der Waals surface area contributed by atoms with Crippen LogP contribution in [-0.2, 0) is 13.0 Å². The maximum absolute atomic E-state index is 4.47. The third kappa shape index (κ3) is 2.40. The molecule has 2 N–H and O–H groups in total. The Morgan fingerprint density at radius 2 is 2.10 bits per heavy atom. The van der Waals surface area contributed by atoms with E-state index in [0.717, 1.165) is 24.9 Å². The van der Waals surface area contributed by atoms with Crippen molar-refractivity contribution in [3.63, 3.8) is 0 Å². The van der Waals surface area contributed by atoms with Crippen molar-refractivity contribution in [2.45, 2.75) is 63.6 Å². The van der Waals surface area contributed by atoms with Gasteiger partial charge >= 0.3 is 0 Å². The average Bonchev–Trinajstić information content (AvgIpc) is 2.95. The molecule has 20 heavy (non-hydrogen) atoms. The van der Waals surface area contributed by atoms with E-state index in [-0.39, 0.29) is 0 Å². The minimum Gasteiger partial charge on any atom is -0.347 e. The first-order valence-electron chi connectivity index (χ1n) is 8.39. The molecule has 1 aliphatic carbocycles. The molecule has 2 aliphatic heterocycles. The van der Waals surface area contributed by atoms with Crippen molar-refractivity contribution in [2.24, 2.45) is 5.92 Å². The van der Waals surface area contributed by atoms with Crippen LogP contribution < -0.4 is 5.32 Å². The molecular formula is C16H26N4. The van der Waals surface area contributed by atoms with E-state index in [1.165, 1.54) is 63.0 Å². The molecule has 1 aromatic rings. The topological polar surface area (TPSA) is 44.0 Å². The molecule has 0 bridgehead atoms. The number of nitrogens with one attached hydrogen (secondary N) is 2. The van der Waals surface area contributed by atoms with Crippen LogP contribution >= 0.6 is 0 Å². The highest BCUT2D eigenvalue weighted by molar-refractivity contribution is 5.16. The molecule has 0 amide bonds. The van der Waals surface area contributed by atoms with E-state index in [4.69, 9.17) is 0 Å². The van der Waals surface area contributed by atoms with Crippen LogP contribution in [0, 0.1) is 5.92 Å². The number of piperidine rings is 1. The van der Waals surface area contributed by atoms with Gasteiger partial charge in [0.05, 0.1) is 17.7 Å². The van der Waals surface area contributed by atoms with E-state index in [1.807, 2.05) is 6.33 Å². The van der Waals surface area contributed by atoms with E-state index in [0.29, 0.717) is 6.04 Å². The Morgan fingerprint density at radius 1 is 1.20 bits per heavy atom. The zero-order valence-electron chi connectivity index (χ0n) is 12.3. The number of H-pyrrole nitrogens is 1. The van der Waals surface area contributed by atoms with Crippen molar-refractivity contribution in [2.75, 3.05) is 13.1 Å². The van der Waals surface area contributed by atoms with Gasteiger partial charge in [0, 0.05) is 31.6 Å². The van der Waals surface area contributed by atoms with Crippen LogP contribution in [0.2, 0.25) is 0 Å². The lowest BCUT2D eigenvalue weighted by atomic mass is 9.78. The predicted octanol–water partition coefficient (Wildman–Crippen LogP) is 2.08. The van der Waals surface area contributed by atoms with Gasteiger partial charge in [-0.2, -0.15) is 0 Å². The number of aromatic amines is 1. The number of rotatable bonds is 2. The van der Waals surface area contributed by atoms with E-state index in [2.05, 4.69) is 20.2 Å². The minimum atomic E-state index is 0.589. The fourth-order valence-electron chi connectivity index (χ4n) is 4.60. The second-order valence-electron chi connectivity index (χ2n) is 6.86. The van der Waals surface area contributed by atoms with Gasteiger partial charge in [0.25, 0.3) is 0 Å². The van der Waals surface area contributed by atoms with Gasteiger partial charge in [0.15, 0.2) is 0 Å². The fourth-order valence-corrected chi connectivity index (χ4v) is 4.60. The van der Waals surface area contributed by atoms with Gasteiger partial charge in [-0.05, 0) is 38.1 Å². The number of nitrogens with zero attached hydrogens (tertiary/aromatic N) is 2. The van der Waals surface area contributed by atoms with Crippen molar-refractivity contribution in [1.82, 2.24) is 20.2 Å². The molecule has 4 rings (SSSR count). The summed E-state index contributed by atoms with van der Waals surface area (Å²) < 4.78 is 0. The Morgan fingerprint density at radius 3 is 3.10 bits per heavy atom. The number of hydrogen-bond donors (Lipinski definition) is 2. The average molecular weight is 274 g/mol. The molecule has 4 nitrogen and oxygen atoms in total.